The van der Waals surface area contributed by atoms with Gasteiger partial charge in [0.25, 0.3) is 0 Å². The molecule has 0 bridgehead atoms. The number of hydrogen-bond acceptors (Lipinski definition) is 3. The van der Waals surface area contributed by atoms with Crippen LogP contribution in [0.25, 0.3) is 21.9 Å². The van der Waals surface area contributed by atoms with E-state index in [0.29, 0.717) is 13.0 Å². The molecule has 1 unspecified atom stereocenters. The first-order valence-electron chi connectivity index (χ1n) is 9.01. The molecule has 2 N–H and O–H groups in total. The van der Waals surface area contributed by atoms with Gasteiger partial charge in [-0.3, -0.25) is 4.79 Å². The van der Waals surface area contributed by atoms with Gasteiger partial charge in [-0.1, -0.05) is 12.1 Å². The summed E-state index contributed by atoms with van der Waals surface area (Å²) in [4.78, 5) is 20.2. The summed E-state index contributed by atoms with van der Waals surface area (Å²) in [6, 6.07) is 15.7. The van der Waals surface area contributed by atoms with Crippen LogP contribution in [0.1, 0.15) is 25.2 Å². The van der Waals surface area contributed by atoms with E-state index in [9.17, 15) is 4.79 Å². The number of fused-ring (bicyclic) bond motifs is 2. The summed E-state index contributed by atoms with van der Waals surface area (Å²) in [6.45, 7) is 2.56. The van der Waals surface area contributed by atoms with Crippen LogP contribution in [0.2, 0.25) is 0 Å². The number of methoxy groups -OCH3 is 1. The van der Waals surface area contributed by atoms with Gasteiger partial charge >= 0.3 is 0 Å². The molecule has 138 valence electrons. The second-order valence-electron chi connectivity index (χ2n) is 6.61. The monoisotopic (exact) mass is 362 g/mol. The van der Waals surface area contributed by atoms with Gasteiger partial charge in [-0.15, -0.1) is 0 Å². The summed E-state index contributed by atoms with van der Waals surface area (Å²) in [5.74, 6) is 1.60. The zero-order valence-corrected chi connectivity index (χ0v) is 15.4. The molecule has 0 aliphatic rings. The molecule has 0 radical (unpaired) electrons. The van der Waals surface area contributed by atoms with Crippen molar-refractivity contribution in [1.29, 1.82) is 0 Å². The molecule has 1 atom stereocenters. The molecule has 6 nitrogen and oxygen atoms in total. The number of carbonyl (C=O) groups is 1. The number of amides is 1. The number of imidazole rings is 1. The lowest BCUT2D eigenvalue weighted by Crippen LogP contribution is -2.28. The second kappa shape index (κ2) is 7.15. The molecule has 0 aliphatic heterocycles. The molecule has 0 fully saturated rings. The number of benzene rings is 2. The molecular formula is C21H22N4O2. The molecule has 1 amide bonds. The third-order valence-electron chi connectivity index (χ3n) is 4.75. The van der Waals surface area contributed by atoms with E-state index in [0.717, 1.165) is 33.5 Å². The SMILES string of the molecule is COc1ccc2c(ccn2CCC(=O)NC(C)c2nc3ccccc3[nH]2)c1. The van der Waals surface area contributed by atoms with Crippen LogP contribution < -0.4 is 10.1 Å². The highest BCUT2D eigenvalue weighted by Gasteiger charge is 2.14. The number of nitrogens with zero attached hydrogens (tertiary/aromatic N) is 2. The fraction of sp³-hybridized carbons (Fsp3) is 0.238. The Hall–Kier alpha value is -3.28. The van der Waals surface area contributed by atoms with E-state index in [1.807, 2.05) is 61.7 Å². The van der Waals surface area contributed by atoms with Gasteiger partial charge in [-0.2, -0.15) is 0 Å². The first-order valence-corrected chi connectivity index (χ1v) is 9.01. The van der Waals surface area contributed by atoms with E-state index >= 15 is 0 Å². The van der Waals surface area contributed by atoms with Crippen molar-refractivity contribution in [3.8, 4) is 5.75 Å². The normalized spacial score (nSPS) is 12.4. The van der Waals surface area contributed by atoms with Crippen molar-refractivity contribution in [3.05, 3.63) is 60.6 Å². The summed E-state index contributed by atoms with van der Waals surface area (Å²) in [6.07, 6.45) is 2.40. The van der Waals surface area contributed by atoms with Crippen LogP contribution in [0.3, 0.4) is 0 Å². The van der Waals surface area contributed by atoms with Gasteiger partial charge in [0, 0.05) is 30.1 Å². The maximum Gasteiger partial charge on any atom is 0.222 e. The van der Waals surface area contributed by atoms with Crippen molar-refractivity contribution < 1.29 is 9.53 Å². The summed E-state index contributed by atoms with van der Waals surface area (Å²) < 4.78 is 7.34. The van der Waals surface area contributed by atoms with Crippen LogP contribution >= 0.6 is 0 Å². The van der Waals surface area contributed by atoms with Gasteiger partial charge in [0.05, 0.1) is 24.2 Å². The zero-order valence-electron chi connectivity index (χ0n) is 15.4. The Kier molecular flexibility index (Phi) is 4.54. The van der Waals surface area contributed by atoms with Gasteiger partial charge in [0.15, 0.2) is 0 Å². The van der Waals surface area contributed by atoms with Crippen molar-refractivity contribution in [2.24, 2.45) is 0 Å². The number of para-hydroxylation sites is 2. The average molecular weight is 362 g/mol. The number of carbonyl (C=O) groups excluding carboxylic acids is 1. The second-order valence-corrected chi connectivity index (χ2v) is 6.61. The van der Waals surface area contributed by atoms with E-state index in [1.54, 1.807) is 7.11 Å². The lowest BCUT2D eigenvalue weighted by atomic mass is 10.2. The Morgan fingerprint density at radius 2 is 2.11 bits per heavy atom. The Labute approximate surface area is 157 Å². The van der Waals surface area contributed by atoms with E-state index in [-0.39, 0.29) is 11.9 Å². The Bertz CT molecular complexity index is 1060. The summed E-state index contributed by atoms with van der Waals surface area (Å²) in [5, 5.41) is 4.12. The number of ether oxygens (including phenoxy) is 1. The number of nitrogens with one attached hydrogen (secondary N) is 2. The van der Waals surface area contributed by atoms with Crippen molar-refractivity contribution in [3.63, 3.8) is 0 Å². The minimum absolute atomic E-state index is 0.00156. The van der Waals surface area contributed by atoms with Crippen LogP contribution in [-0.4, -0.2) is 27.6 Å². The standard InChI is InChI=1S/C21H22N4O2/c1-14(21-23-17-5-3-4-6-18(17)24-21)22-20(26)10-12-25-11-9-15-13-16(27-2)7-8-19(15)25/h3-9,11,13-14H,10,12H2,1-2H3,(H,22,26)(H,23,24). The van der Waals surface area contributed by atoms with Gasteiger partial charge in [0.2, 0.25) is 5.91 Å². The third kappa shape index (κ3) is 3.51. The number of aromatic nitrogens is 3. The molecule has 2 aromatic heterocycles. The van der Waals surface area contributed by atoms with Gasteiger partial charge in [0.1, 0.15) is 11.6 Å². The molecule has 2 aromatic carbocycles. The minimum Gasteiger partial charge on any atom is -0.497 e. The molecule has 27 heavy (non-hydrogen) atoms. The fourth-order valence-corrected chi connectivity index (χ4v) is 3.28. The molecule has 0 spiro atoms. The highest BCUT2D eigenvalue weighted by Crippen LogP contribution is 2.22. The fourth-order valence-electron chi connectivity index (χ4n) is 3.28. The third-order valence-corrected chi connectivity index (χ3v) is 4.75. The molecule has 0 saturated carbocycles. The van der Waals surface area contributed by atoms with Gasteiger partial charge < -0.3 is 19.6 Å². The number of rotatable bonds is 6. The lowest BCUT2D eigenvalue weighted by molar-refractivity contribution is -0.122. The highest BCUT2D eigenvalue weighted by atomic mass is 16.5. The number of hydrogen-bond donors (Lipinski definition) is 2. The van der Waals surface area contributed by atoms with Crippen molar-refractivity contribution >= 4 is 27.8 Å². The van der Waals surface area contributed by atoms with Crippen LogP contribution in [0.4, 0.5) is 0 Å². The number of aryl methyl sites for hydroxylation is 1. The maximum atomic E-state index is 12.4. The Morgan fingerprint density at radius 3 is 2.93 bits per heavy atom. The molecule has 4 rings (SSSR count). The maximum absolute atomic E-state index is 12.4. The summed E-state index contributed by atoms with van der Waals surface area (Å²) >= 11 is 0. The smallest absolute Gasteiger partial charge is 0.222 e. The molecule has 0 saturated heterocycles. The van der Waals surface area contributed by atoms with Crippen LogP contribution in [0.5, 0.6) is 5.75 Å². The quantitative estimate of drug-likeness (QED) is 0.548. The first kappa shape index (κ1) is 17.1. The predicted octanol–water partition coefficient (Wildman–Crippen LogP) is 3.79. The first-order chi connectivity index (χ1) is 13.1. The van der Waals surface area contributed by atoms with Crippen LogP contribution in [0, 0.1) is 0 Å². The minimum atomic E-state index is -0.171. The van der Waals surface area contributed by atoms with E-state index in [1.165, 1.54) is 0 Å². The van der Waals surface area contributed by atoms with E-state index < -0.39 is 0 Å². The predicted molar refractivity (Wildman–Crippen MR) is 106 cm³/mol. The van der Waals surface area contributed by atoms with Crippen LogP contribution in [-0.2, 0) is 11.3 Å². The molecule has 0 aliphatic carbocycles. The molecular weight excluding hydrogens is 340 g/mol. The van der Waals surface area contributed by atoms with Crippen molar-refractivity contribution in [2.45, 2.75) is 25.9 Å². The number of aromatic amines is 1. The highest BCUT2D eigenvalue weighted by molar-refractivity contribution is 5.82. The zero-order chi connectivity index (χ0) is 18.8. The molecule has 4 aromatic rings. The topological polar surface area (TPSA) is 71.9 Å². The van der Waals surface area contributed by atoms with E-state index in [4.69, 9.17) is 4.74 Å². The van der Waals surface area contributed by atoms with E-state index in [2.05, 4.69) is 19.9 Å². The van der Waals surface area contributed by atoms with Crippen LogP contribution in [0.15, 0.2) is 54.7 Å². The van der Waals surface area contributed by atoms with Crippen molar-refractivity contribution in [2.75, 3.05) is 7.11 Å². The molecule has 2 heterocycles. The molecule has 6 heteroatoms. The van der Waals surface area contributed by atoms with Crippen molar-refractivity contribution in [1.82, 2.24) is 19.9 Å². The average Bonchev–Trinajstić information content (AvgIpc) is 3.29. The Morgan fingerprint density at radius 1 is 1.26 bits per heavy atom. The lowest BCUT2D eigenvalue weighted by Gasteiger charge is -2.12. The number of H-pyrrole nitrogens is 1. The summed E-state index contributed by atoms with van der Waals surface area (Å²) in [5.41, 5.74) is 2.97. The van der Waals surface area contributed by atoms with Gasteiger partial charge in [-0.05, 0) is 43.3 Å². The summed E-state index contributed by atoms with van der Waals surface area (Å²) in [7, 11) is 1.66. The largest absolute Gasteiger partial charge is 0.497 e. The Balaban J connectivity index is 1.39. The van der Waals surface area contributed by atoms with Gasteiger partial charge in [-0.25, -0.2) is 4.98 Å².